The van der Waals surface area contributed by atoms with E-state index in [1.165, 1.54) is 11.3 Å². The van der Waals surface area contributed by atoms with Gasteiger partial charge in [0.15, 0.2) is 0 Å². The molecule has 29 heavy (non-hydrogen) atoms. The third kappa shape index (κ3) is 3.74. The molecule has 1 N–H and O–H groups in total. The topological polar surface area (TPSA) is 56.0 Å². The number of benzene rings is 1. The van der Waals surface area contributed by atoms with Gasteiger partial charge >= 0.3 is 0 Å². The van der Waals surface area contributed by atoms with Gasteiger partial charge in [0.05, 0.1) is 17.0 Å². The van der Waals surface area contributed by atoms with Crippen LogP contribution in [0.2, 0.25) is 0 Å². The van der Waals surface area contributed by atoms with Crippen molar-refractivity contribution in [3.05, 3.63) is 91.2 Å². The number of carbonyl (C=O) groups excluding carboxylic acids is 1. The minimum Gasteiger partial charge on any atom is -0.316 e. The molecule has 146 valence electrons. The molecular formula is C22H19N3O2S2. The molecule has 4 aromatic rings. The fourth-order valence-corrected chi connectivity index (χ4v) is 4.49. The number of carbonyl (C=O) groups is 1. The maximum absolute atomic E-state index is 13.2. The van der Waals surface area contributed by atoms with Crippen molar-refractivity contribution in [1.82, 2.24) is 9.36 Å². The number of amides is 1. The van der Waals surface area contributed by atoms with Gasteiger partial charge in [-0.3, -0.25) is 14.3 Å². The van der Waals surface area contributed by atoms with Crippen LogP contribution in [0.5, 0.6) is 0 Å². The molecule has 0 aliphatic carbocycles. The number of nitrogens with zero attached hydrogens (tertiary/aromatic N) is 2. The highest BCUT2D eigenvalue weighted by atomic mass is 32.1. The van der Waals surface area contributed by atoms with E-state index in [0.717, 1.165) is 15.4 Å². The molecule has 0 saturated heterocycles. The molecule has 4 rings (SSSR count). The normalized spacial score (nSPS) is 11.6. The number of thiophene rings is 2. The predicted molar refractivity (Wildman–Crippen MR) is 121 cm³/mol. The first-order valence-corrected chi connectivity index (χ1v) is 10.8. The number of nitrogens with one attached hydrogen (secondary N) is 1. The molecule has 0 radical (unpaired) electrons. The summed E-state index contributed by atoms with van der Waals surface area (Å²) in [5.74, 6) is -0.299. The molecule has 1 aromatic carbocycles. The van der Waals surface area contributed by atoms with Crippen LogP contribution < -0.4 is 10.9 Å². The molecule has 0 aliphatic heterocycles. The summed E-state index contributed by atoms with van der Waals surface area (Å²) in [5.41, 5.74) is 2.00. The Morgan fingerprint density at radius 1 is 1.00 bits per heavy atom. The van der Waals surface area contributed by atoms with Gasteiger partial charge in [-0.2, -0.15) is 0 Å². The van der Waals surface area contributed by atoms with Gasteiger partial charge in [0.25, 0.3) is 11.5 Å². The van der Waals surface area contributed by atoms with Gasteiger partial charge in [-0.05, 0) is 48.0 Å². The summed E-state index contributed by atoms with van der Waals surface area (Å²) in [6, 6.07) is 17.1. The highest BCUT2D eigenvalue weighted by molar-refractivity contribution is 7.12. The van der Waals surface area contributed by atoms with Crippen LogP contribution in [0.15, 0.2) is 70.2 Å². The van der Waals surface area contributed by atoms with Gasteiger partial charge < -0.3 is 5.32 Å². The Labute approximate surface area is 176 Å². The van der Waals surface area contributed by atoms with Crippen LogP contribution in [0.1, 0.15) is 15.4 Å². The lowest BCUT2D eigenvalue weighted by molar-refractivity contribution is -0.111. The van der Waals surface area contributed by atoms with Crippen LogP contribution in [0.3, 0.4) is 0 Å². The maximum atomic E-state index is 13.2. The fraction of sp³-hybridized carbons (Fsp3) is 0.0909. The van der Waals surface area contributed by atoms with Crippen LogP contribution in [-0.2, 0) is 11.8 Å². The zero-order valence-electron chi connectivity index (χ0n) is 16.0. The van der Waals surface area contributed by atoms with E-state index in [4.69, 9.17) is 0 Å². The SMILES string of the molecule is Cc1c(NC(=O)C(=Cc2cccs2)c2cccs2)c(=O)n(-c2ccccc2)n1C. The smallest absolute Gasteiger partial charge is 0.295 e. The minimum atomic E-state index is -0.299. The van der Waals surface area contributed by atoms with Crippen LogP contribution >= 0.6 is 22.7 Å². The summed E-state index contributed by atoms with van der Waals surface area (Å²) in [7, 11) is 1.81. The quantitative estimate of drug-likeness (QED) is 0.471. The van der Waals surface area contributed by atoms with Gasteiger partial charge in [0, 0.05) is 16.8 Å². The van der Waals surface area contributed by atoms with E-state index in [1.54, 1.807) is 27.7 Å². The average Bonchev–Trinajstić information content (AvgIpc) is 3.47. The number of hydrogen-bond acceptors (Lipinski definition) is 4. The molecule has 0 saturated carbocycles. The summed E-state index contributed by atoms with van der Waals surface area (Å²) in [6.07, 6.45) is 1.86. The van der Waals surface area contributed by atoms with Gasteiger partial charge in [-0.15, -0.1) is 22.7 Å². The van der Waals surface area contributed by atoms with Crippen molar-refractivity contribution in [1.29, 1.82) is 0 Å². The monoisotopic (exact) mass is 421 g/mol. The molecule has 0 unspecified atom stereocenters. The molecule has 3 aromatic heterocycles. The molecule has 5 nitrogen and oxygen atoms in total. The van der Waals surface area contributed by atoms with Crippen LogP contribution in [0.4, 0.5) is 5.69 Å². The standard InChI is InChI=1S/C22H19N3O2S2/c1-15-20(22(27)25(24(15)2)16-8-4-3-5-9-16)23-21(26)18(19-11-7-13-29-19)14-17-10-6-12-28-17/h3-14H,1-2H3,(H,23,26). The first-order valence-electron chi connectivity index (χ1n) is 9.00. The van der Waals surface area contributed by atoms with Gasteiger partial charge in [0.2, 0.25) is 0 Å². The minimum absolute atomic E-state index is 0.258. The van der Waals surface area contributed by atoms with Crippen molar-refractivity contribution in [2.45, 2.75) is 6.92 Å². The van der Waals surface area contributed by atoms with E-state index in [-0.39, 0.29) is 17.2 Å². The summed E-state index contributed by atoms with van der Waals surface area (Å²) >= 11 is 3.05. The summed E-state index contributed by atoms with van der Waals surface area (Å²) in [6.45, 7) is 1.82. The maximum Gasteiger partial charge on any atom is 0.295 e. The summed E-state index contributed by atoms with van der Waals surface area (Å²) in [4.78, 5) is 28.1. The third-order valence-electron chi connectivity index (χ3n) is 4.65. The Hall–Kier alpha value is -3.16. The Kier molecular flexibility index (Phi) is 5.33. The molecule has 0 aliphatic rings. The Morgan fingerprint density at radius 2 is 1.72 bits per heavy atom. The van der Waals surface area contributed by atoms with Crippen LogP contribution in [0.25, 0.3) is 17.3 Å². The first-order chi connectivity index (χ1) is 14.1. The highest BCUT2D eigenvalue weighted by Gasteiger charge is 2.21. The lowest BCUT2D eigenvalue weighted by Gasteiger charge is -2.07. The summed E-state index contributed by atoms with van der Waals surface area (Å²) in [5, 5.41) is 6.76. The van der Waals surface area contributed by atoms with E-state index in [1.807, 2.05) is 78.4 Å². The number of aromatic nitrogens is 2. The van der Waals surface area contributed by atoms with Crippen LogP contribution in [-0.4, -0.2) is 15.3 Å². The van der Waals surface area contributed by atoms with Gasteiger partial charge in [-0.25, -0.2) is 4.68 Å². The molecule has 0 bridgehead atoms. The summed E-state index contributed by atoms with van der Waals surface area (Å²) < 4.78 is 3.31. The number of para-hydroxylation sites is 1. The average molecular weight is 422 g/mol. The predicted octanol–water partition coefficient (Wildman–Crippen LogP) is 4.79. The second-order valence-electron chi connectivity index (χ2n) is 6.44. The third-order valence-corrected chi connectivity index (χ3v) is 6.38. The Morgan fingerprint density at radius 3 is 2.38 bits per heavy atom. The second kappa shape index (κ2) is 8.06. The molecule has 0 fully saturated rings. The van der Waals surface area contributed by atoms with Crippen LogP contribution in [0, 0.1) is 6.92 Å². The van der Waals surface area contributed by atoms with Crippen molar-refractivity contribution >= 4 is 45.9 Å². The van der Waals surface area contributed by atoms with Crippen molar-refractivity contribution in [2.75, 3.05) is 5.32 Å². The Bertz CT molecular complexity index is 1220. The van der Waals surface area contributed by atoms with E-state index in [9.17, 15) is 9.59 Å². The molecule has 7 heteroatoms. The largest absolute Gasteiger partial charge is 0.316 e. The van der Waals surface area contributed by atoms with Crippen molar-refractivity contribution in [3.8, 4) is 5.69 Å². The number of anilines is 1. The first kappa shape index (κ1) is 19.2. The van der Waals surface area contributed by atoms with Gasteiger partial charge in [0.1, 0.15) is 5.69 Å². The Balaban J connectivity index is 1.74. The van der Waals surface area contributed by atoms with Crippen molar-refractivity contribution < 1.29 is 4.79 Å². The fourth-order valence-electron chi connectivity index (χ4n) is 3.09. The number of rotatable bonds is 5. The van der Waals surface area contributed by atoms with E-state index < -0.39 is 0 Å². The van der Waals surface area contributed by atoms with Crippen molar-refractivity contribution in [2.24, 2.45) is 7.05 Å². The lowest BCUT2D eigenvalue weighted by atomic mass is 10.1. The zero-order valence-corrected chi connectivity index (χ0v) is 17.6. The molecule has 1 amide bonds. The molecule has 3 heterocycles. The van der Waals surface area contributed by atoms with E-state index >= 15 is 0 Å². The zero-order chi connectivity index (χ0) is 20.4. The molecular weight excluding hydrogens is 402 g/mol. The molecule has 0 spiro atoms. The second-order valence-corrected chi connectivity index (χ2v) is 8.37. The van der Waals surface area contributed by atoms with E-state index in [0.29, 0.717) is 11.3 Å². The van der Waals surface area contributed by atoms with Crippen molar-refractivity contribution in [3.63, 3.8) is 0 Å². The van der Waals surface area contributed by atoms with E-state index in [2.05, 4.69) is 5.32 Å². The number of hydrogen-bond donors (Lipinski definition) is 1. The lowest BCUT2D eigenvalue weighted by Crippen LogP contribution is -2.23. The molecule has 0 atom stereocenters. The highest BCUT2D eigenvalue weighted by Crippen LogP contribution is 2.26. The van der Waals surface area contributed by atoms with Gasteiger partial charge in [-0.1, -0.05) is 30.3 Å².